The molecule has 0 aliphatic heterocycles. The van der Waals surface area contributed by atoms with Crippen LogP contribution in [0.25, 0.3) is 0 Å². The van der Waals surface area contributed by atoms with Crippen molar-refractivity contribution in [2.24, 2.45) is 5.73 Å². The first-order chi connectivity index (χ1) is 5.61. The highest BCUT2D eigenvalue weighted by Gasteiger charge is 2.06. The molecule has 3 nitrogen and oxygen atoms in total. The van der Waals surface area contributed by atoms with Gasteiger partial charge in [0.1, 0.15) is 0 Å². The van der Waals surface area contributed by atoms with E-state index in [2.05, 4.69) is 13.8 Å². The molecular weight excluding hydrogens is 232 g/mol. The van der Waals surface area contributed by atoms with E-state index in [1.54, 1.807) is 12.1 Å². The van der Waals surface area contributed by atoms with Crippen LogP contribution in [0, 0.1) is 0 Å². The molecule has 1 aromatic heterocycles. The molecule has 0 radical (unpaired) electrons. The molecule has 1 aromatic rings. The number of primary amides is 1. The van der Waals surface area contributed by atoms with Crippen molar-refractivity contribution in [1.29, 1.82) is 0 Å². The highest BCUT2D eigenvalue weighted by molar-refractivity contribution is 5.92. The van der Waals surface area contributed by atoms with Crippen LogP contribution in [0.15, 0.2) is 24.5 Å². The van der Waals surface area contributed by atoms with Gasteiger partial charge in [-0.1, -0.05) is 0 Å². The van der Waals surface area contributed by atoms with Crippen molar-refractivity contribution in [3.05, 3.63) is 30.1 Å². The minimum absolute atomic E-state index is 0. The molecule has 0 aromatic carbocycles. The quantitative estimate of drug-likeness (QED) is 0.583. The van der Waals surface area contributed by atoms with Gasteiger partial charge in [-0.3, -0.25) is 4.79 Å². The molecule has 0 aliphatic rings. The number of hydrogen-bond donors (Lipinski definition) is 1. The monoisotopic (exact) mass is 244 g/mol. The average molecular weight is 245 g/mol. The van der Waals surface area contributed by atoms with E-state index in [-0.39, 0.29) is 22.9 Å². The number of hydrogen-bond acceptors (Lipinski definition) is 1. The standard InChI is InChI=1S/C9H12N2O.BrH/c1-7(2)11-5-3-8(4-6-11)9(10)12;/h3-7H,1-2H3,(H-,10,12);1H. The molecule has 4 heteroatoms. The number of nitrogens with zero attached hydrogens (tertiary/aromatic N) is 1. The highest BCUT2D eigenvalue weighted by Crippen LogP contribution is 1.95. The van der Waals surface area contributed by atoms with Crippen LogP contribution in [0.5, 0.6) is 0 Å². The summed E-state index contributed by atoms with van der Waals surface area (Å²) in [4.78, 5) is 10.7. The number of aromatic nitrogens is 1. The molecule has 0 atom stereocenters. The third kappa shape index (κ3) is 3.14. The predicted molar refractivity (Wildman–Crippen MR) is 45.5 cm³/mol. The molecule has 0 unspecified atom stereocenters. The summed E-state index contributed by atoms with van der Waals surface area (Å²) in [5.41, 5.74) is 5.64. The summed E-state index contributed by atoms with van der Waals surface area (Å²) in [5.74, 6) is -0.383. The maximum atomic E-state index is 10.7. The van der Waals surface area contributed by atoms with Crippen molar-refractivity contribution >= 4 is 5.91 Å². The van der Waals surface area contributed by atoms with Crippen LogP contribution in [-0.4, -0.2) is 5.91 Å². The van der Waals surface area contributed by atoms with Crippen LogP contribution in [0.1, 0.15) is 30.2 Å². The zero-order valence-electron chi connectivity index (χ0n) is 7.70. The Morgan fingerprint density at radius 2 is 1.85 bits per heavy atom. The number of pyridine rings is 1. The summed E-state index contributed by atoms with van der Waals surface area (Å²) in [6.45, 7) is 4.15. The van der Waals surface area contributed by atoms with Crippen molar-refractivity contribution in [1.82, 2.24) is 0 Å². The second-order valence-corrected chi connectivity index (χ2v) is 2.99. The lowest BCUT2D eigenvalue weighted by Gasteiger charge is -1.99. The first-order valence-electron chi connectivity index (χ1n) is 3.92. The molecule has 2 N–H and O–H groups in total. The number of carbonyl (C=O) groups excluding carboxylic acids is 1. The Kier molecular flexibility index (Phi) is 4.62. The molecule has 0 bridgehead atoms. The second kappa shape index (κ2) is 4.97. The van der Waals surface area contributed by atoms with Gasteiger partial charge in [-0.15, -0.1) is 0 Å². The normalized spacial score (nSPS) is 9.46. The van der Waals surface area contributed by atoms with Gasteiger partial charge in [0.15, 0.2) is 18.4 Å². The van der Waals surface area contributed by atoms with Crippen LogP contribution >= 0.6 is 0 Å². The lowest BCUT2D eigenvalue weighted by atomic mass is 10.2. The van der Waals surface area contributed by atoms with Crippen LogP contribution in [0.4, 0.5) is 0 Å². The number of amides is 1. The van der Waals surface area contributed by atoms with E-state index in [9.17, 15) is 4.79 Å². The number of nitrogens with two attached hydrogens (primary N) is 1. The molecule has 1 rings (SSSR count). The summed E-state index contributed by atoms with van der Waals surface area (Å²) in [6, 6.07) is 3.86. The summed E-state index contributed by atoms with van der Waals surface area (Å²) < 4.78 is 2.01. The minimum atomic E-state index is -0.383. The first-order valence-corrected chi connectivity index (χ1v) is 3.92. The smallest absolute Gasteiger partial charge is 0.249 e. The third-order valence-corrected chi connectivity index (χ3v) is 1.73. The Hall–Kier alpha value is -0.900. The Morgan fingerprint density at radius 1 is 1.38 bits per heavy atom. The molecular formula is C9H13BrN2O. The van der Waals surface area contributed by atoms with Crippen molar-refractivity contribution in [2.45, 2.75) is 19.9 Å². The Bertz CT molecular complexity index is 282. The summed E-state index contributed by atoms with van der Waals surface area (Å²) in [7, 11) is 0. The summed E-state index contributed by atoms with van der Waals surface area (Å²) in [5, 5.41) is 0. The van der Waals surface area contributed by atoms with E-state index in [1.165, 1.54) is 0 Å². The van der Waals surface area contributed by atoms with Crippen molar-refractivity contribution in [2.75, 3.05) is 0 Å². The van der Waals surface area contributed by atoms with Gasteiger partial charge in [-0.25, -0.2) is 4.57 Å². The molecule has 0 aliphatic carbocycles. The average Bonchev–Trinajstić information content (AvgIpc) is 2.04. The van der Waals surface area contributed by atoms with Gasteiger partial charge in [0.25, 0.3) is 0 Å². The predicted octanol–water partition coefficient (Wildman–Crippen LogP) is -2.34. The van der Waals surface area contributed by atoms with Crippen molar-refractivity contribution in [3.8, 4) is 0 Å². The highest BCUT2D eigenvalue weighted by atomic mass is 79.9. The Labute approximate surface area is 88.3 Å². The van der Waals surface area contributed by atoms with Gasteiger partial charge >= 0.3 is 0 Å². The van der Waals surface area contributed by atoms with Gasteiger partial charge in [0.05, 0.1) is 5.56 Å². The second-order valence-electron chi connectivity index (χ2n) is 2.99. The van der Waals surface area contributed by atoms with E-state index in [1.807, 2.05) is 17.0 Å². The number of carbonyl (C=O) groups is 1. The fourth-order valence-electron chi connectivity index (χ4n) is 0.947. The third-order valence-electron chi connectivity index (χ3n) is 1.73. The summed E-state index contributed by atoms with van der Waals surface area (Å²) in [6.07, 6.45) is 3.70. The minimum Gasteiger partial charge on any atom is -1.00 e. The van der Waals surface area contributed by atoms with Crippen molar-refractivity contribution in [3.63, 3.8) is 0 Å². The maximum Gasteiger partial charge on any atom is 0.249 e. The molecule has 0 fully saturated rings. The maximum absolute atomic E-state index is 10.7. The van der Waals surface area contributed by atoms with Gasteiger partial charge < -0.3 is 22.7 Å². The fourth-order valence-corrected chi connectivity index (χ4v) is 0.947. The van der Waals surface area contributed by atoms with E-state index in [4.69, 9.17) is 5.73 Å². The van der Waals surface area contributed by atoms with E-state index >= 15 is 0 Å². The Balaban J connectivity index is 0.00000144. The van der Waals surface area contributed by atoms with Gasteiger partial charge in [-0.2, -0.15) is 0 Å². The van der Waals surface area contributed by atoms with E-state index in [0.29, 0.717) is 11.6 Å². The van der Waals surface area contributed by atoms with E-state index in [0.717, 1.165) is 0 Å². The van der Waals surface area contributed by atoms with Crippen molar-refractivity contribution < 1.29 is 26.3 Å². The topological polar surface area (TPSA) is 47.0 Å². The zero-order valence-corrected chi connectivity index (χ0v) is 9.28. The summed E-state index contributed by atoms with van der Waals surface area (Å²) >= 11 is 0. The number of halogens is 1. The van der Waals surface area contributed by atoms with Crippen LogP contribution in [-0.2, 0) is 0 Å². The first kappa shape index (κ1) is 12.1. The lowest BCUT2D eigenvalue weighted by molar-refractivity contribution is -0.716. The van der Waals surface area contributed by atoms with Crippen LogP contribution in [0.2, 0.25) is 0 Å². The molecule has 0 saturated carbocycles. The largest absolute Gasteiger partial charge is 1.00 e. The molecule has 1 amide bonds. The van der Waals surface area contributed by atoms with Crippen LogP contribution < -0.4 is 27.3 Å². The molecule has 0 saturated heterocycles. The SMILES string of the molecule is CC(C)[n+]1ccc(C(N)=O)cc1.[Br-]. The molecule has 0 spiro atoms. The van der Waals surface area contributed by atoms with Gasteiger partial charge in [-0.05, 0) is 13.8 Å². The van der Waals surface area contributed by atoms with Crippen LogP contribution in [0.3, 0.4) is 0 Å². The molecule has 1 heterocycles. The number of rotatable bonds is 2. The molecule has 72 valence electrons. The Morgan fingerprint density at radius 3 is 2.15 bits per heavy atom. The fraction of sp³-hybridized carbons (Fsp3) is 0.333. The molecule has 13 heavy (non-hydrogen) atoms. The van der Waals surface area contributed by atoms with Gasteiger partial charge in [0, 0.05) is 12.1 Å². The van der Waals surface area contributed by atoms with Gasteiger partial charge in [0.2, 0.25) is 5.91 Å². The lowest BCUT2D eigenvalue weighted by Crippen LogP contribution is -3.00. The van der Waals surface area contributed by atoms with E-state index < -0.39 is 0 Å². The zero-order chi connectivity index (χ0) is 9.14.